The van der Waals surface area contributed by atoms with Gasteiger partial charge in [-0.15, -0.1) is 0 Å². The van der Waals surface area contributed by atoms with E-state index in [0.29, 0.717) is 0 Å². The van der Waals surface area contributed by atoms with E-state index in [2.05, 4.69) is 6.08 Å². The Hall–Kier alpha value is -1.35. The number of thioether (sulfide) groups is 1. The van der Waals surface area contributed by atoms with Crippen molar-refractivity contribution in [2.75, 3.05) is 12.9 Å². The van der Waals surface area contributed by atoms with Gasteiger partial charge in [-0.05, 0) is 45.1 Å². The maximum absolute atomic E-state index is 12.5. The minimum Gasteiger partial charge on any atom is -0.480 e. The number of carboxylic acids is 1. The summed E-state index contributed by atoms with van der Waals surface area (Å²) in [5.41, 5.74) is 5.25. The zero-order valence-corrected chi connectivity index (χ0v) is 18.8. The fourth-order valence-corrected chi connectivity index (χ4v) is 4.23. The molecule has 4 N–H and O–H groups in total. The van der Waals surface area contributed by atoms with Crippen molar-refractivity contribution in [3.05, 3.63) is 23.8 Å². The van der Waals surface area contributed by atoms with E-state index in [-0.39, 0.29) is 30.3 Å². The highest BCUT2D eigenvalue weighted by Crippen LogP contribution is 2.30. The van der Waals surface area contributed by atoms with Gasteiger partial charge in [0.05, 0.1) is 18.1 Å². The molecule has 0 unspecified atom stereocenters. The summed E-state index contributed by atoms with van der Waals surface area (Å²) < 4.78 is 11.1. The second kappa shape index (κ2) is 11.7. The second-order valence-corrected chi connectivity index (χ2v) is 9.15. The number of ether oxygens (including phenoxy) is 2. The van der Waals surface area contributed by atoms with Crippen LogP contribution in [0.2, 0.25) is 0 Å². The van der Waals surface area contributed by atoms with Crippen molar-refractivity contribution < 1.29 is 29.3 Å². The average Bonchev–Trinajstić information content (AvgIpc) is 2.63. The topological polar surface area (TPSA) is 119 Å². The number of aliphatic hydroxyl groups is 1. The maximum atomic E-state index is 12.5. The van der Waals surface area contributed by atoms with Gasteiger partial charge >= 0.3 is 11.9 Å². The van der Waals surface area contributed by atoms with Crippen LogP contribution in [0.1, 0.15) is 47.0 Å². The molecule has 8 heteroatoms. The Labute approximate surface area is 177 Å². The summed E-state index contributed by atoms with van der Waals surface area (Å²) in [5, 5.41) is 19.5. The van der Waals surface area contributed by atoms with Gasteiger partial charge < -0.3 is 25.4 Å². The predicted octanol–water partition coefficient (Wildman–Crippen LogP) is 2.52. The van der Waals surface area contributed by atoms with E-state index < -0.39 is 28.8 Å². The summed E-state index contributed by atoms with van der Waals surface area (Å²) in [6, 6.07) is -1.08. The molecular weight excluding hydrogens is 394 g/mol. The van der Waals surface area contributed by atoms with E-state index in [1.807, 2.05) is 20.8 Å². The zero-order valence-electron chi connectivity index (χ0n) is 18.0. The van der Waals surface area contributed by atoms with Gasteiger partial charge in [-0.25, -0.2) is 0 Å². The summed E-state index contributed by atoms with van der Waals surface area (Å²) in [6.45, 7) is 7.47. The molecule has 1 rings (SSSR count). The van der Waals surface area contributed by atoms with Crippen LogP contribution in [0.15, 0.2) is 23.8 Å². The third-order valence-corrected chi connectivity index (χ3v) is 6.91. The summed E-state index contributed by atoms with van der Waals surface area (Å²) in [5.74, 6) is -1.31. The highest BCUT2D eigenvalue weighted by molar-refractivity contribution is 8.00. The van der Waals surface area contributed by atoms with Crippen molar-refractivity contribution in [3.8, 4) is 0 Å². The molecule has 0 spiro atoms. The fourth-order valence-electron chi connectivity index (χ4n) is 2.98. The van der Waals surface area contributed by atoms with Crippen LogP contribution >= 0.6 is 11.8 Å². The van der Waals surface area contributed by atoms with Gasteiger partial charge in [0.2, 0.25) is 0 Å². The van der Waals surface area contributed by atoms with Gasteiger partial charge in [-0.3, -0.25) is 9.59 Å². The molecule has 0 aromatic heterocycles. The van der Waals surface area contributed by atoms with E-state index in [1.54, 1.807) is 26.2 Å². The fraction of sp³-hybridized carbons (Fsp3) is 0.714. The first-order valence-electron chi connectivity index (χ1n) is 9.88. The highest BCUT2D eigenvalue weighted by Gasteiger charge is 2.34. The molecule has 7 nitrogen and oxygen atoms in total. The van der Waals surface area contributed by atoms with E-state index in [1.165, 1.54) is 0 Å². The lowest BCUT2D eigenvalue weighted by Crippen LogP contribution is -2.40. The second-order valence-electron chi connectivity index (χ2n) is 7.91. The number of aliphatic carboxylic acids is 1. The molecule has 0 radical (unpaired) electrons. The molecule has 0 fully saturated rings. The Morgan fingerprint density at radius 3 is 2.72 bits per heavy atom. The minimum absolute atomic E-state index is 0.0577. The largest absolute Gasteiger partial charge is 0.480 e. The number of rotatable bonds is 5. The molecule has 0 saturated heterocycles. The molecule has 29 heavy (non-hydrogen) atoms. The van der Waals surface area contributed by atoms with Gasteiger partial charge in [0, 0.05) is 18.1 Å². The number of hydrogen-bond donors (Lipinski definition) is 3. The van der Waals surface area contributed by atoms with Crippen LogP contribution in [0.5, 0.6) is 0 Å². The monoisotopic (exact) mass is 429 g/mol. The molecule has 0 aliphatic carbocycles. The van der Waals surface area contributed by atoms with Gasteiger partial charge in [-0.2, -0.15) is 11.8 Å². The standard InChI is InChI=1S/C21H35NO6S/c1-13-7-6-8-14(2)17(27-5)9-10-21(4,26)18(11-19(23)28-15(13)3)29-12-16(22)20(24)25/h8-10,13,15-18,26H,6-7,11-12,22H2,1-5H3,(H,24,25)/b10-9+,14-8?/t13-,15+,16-,17-,18+,21+/m0/s1. The number of allylic oxidation sites excluding steroid dienone is 1. The first-order valence-corrected chi connectivity index (χ1v) is 10.9. The van der Waals surface area contributed by atoms with Crippen LogP contribution in [-0.2, 0) is 19.1 Å². The van der Waals surface area contributed by atoms with E-state index in [9.17, 15) is 14.7 Å². The number of methoxy groups -OCH3 is 1. The normalized spacial score (nSPS) is 34.4. The van der Waals surface area contributed by atoms with E-state index in [4.69, 9.17) is 20.3 Å². The lowest BCUT2D eigenvalue weighted by Gasteiger charge is -2.31. The lowest BCUT2D eigenvalue weighted by atomic mass is 9.95. The molecule has 0 saturated carbocycles. The van der Waals surface area contributed by atoms with Crippen molar-refractivity contribution in [2.45, 2.75) is 76.1 Å². The number of carbonyl (C=O) groups is 2. The summed E-state index contributed by atoms with van der Waals surface area (Å²) in [6.07, 6.45) is 6.56. The average molecular weight is 430 g/mol. The zero-order chi connectivity index (χ0) is 22.2. The maximum Gasteiger partial charge on any atom is 0.321 e. The van der Waals surface area contributed by atoms with E-state index >= 15 is 0 Å². The number of esters is 1. The van der Waals surface area contributed by atoms with Crippen molar-refractivity contribution in [3.63, 3.8) is 0 Å². The van der Waals surface area contributed by atoms with Gasteiger partial charge in [0.15, 0.2) is 0 Å². The molecule has 0 bridgehead atoms. The third kappa shape index (κ3) is 8.50. The molecular formula is C21H35NO6S. The smallest absolute Gasteiger partial charge is 0.321 e. The molecule has 1 aliphatic heterocycles. The Morgan fingerprint density at radius 2 is 2.14 bits per heavy atom. The summed E-state index contributed by atoms with van der Waals surface area (Å²) in [7, 11) is 1.60. The SMILES string of the molecule is CO[C@H]1/C=C/[C@@](C)(O)[C@H](SC[C@H](N)C(=O)O)CC(=O)O[C@H](C)[C@@H](C)CCC=C1C. The molecule has 1 heterocycles. The summed E-state index contributed by atoms with van der Waals surface area (Å²) >= 11 is 1.15. The van der Waals surface area contributed by atoms with Crippen LogP contribution in [-0.4, -0.2) is 64.1 Å². The first-order chi connectivity index (χ1) is 13.5. The van der Waals surface area contributed by atoms with Crippen molar-refractivity contribution >= 4 is 23.7 Å². The Balaban J connectivity index is 3.17. The van der Waals surface area contributed by atoms with Crippen LogP contribution in [0.4, 0.5) is 0 Å². The van der Waals surface area contributed by atoms with Gasteiger partial charge in [0.25, 0.3) is 0 Å². The number of nitrogens with two attached hydrogens (primary N) is 1. The number of carboxylic acid groups (broad SMARTS) is 1. The Bertz CT molecular complexity index is 618. The number of carbonyl (C=O) groups excluding carboxylic acids is 1. The Morgan fingerprint density at radius 1 is 1.48 bits per heavy atom. The molecule has 6 atom stereocenters. The quantitative estimate of drug-likeness (QED) is 0.451. The van der Waals surface area contributed by atoms with Gasteiger partial charge in [0.1, 0.15) is 12.1 Å². The predicted molar refractivity (Wildman–Crippen MR) is 115 cm³/mol. The molecule has 0 aromatic rings. The van der Waals surface area contributed by atoms with Crippen molar-refractivity contribution in [1.29, 1.82) is 0 Å². The molecule has 0 amide bonds. The van der Waals surface area contributed by atoms with Gasteiger partial charge in [-0.1, -0.05) is 25.2 Å². The van der Waals surface area contributed by atoms with Crippen LogP contribution < -0.4 is 5.73 Å². The molecule has 1 aliphatic rings. The highest BCUT2D eigenvalue weighted by atomic mass is 32.2. The summed E-state index contributed by atoms with van der Waals surface area (Å²) in [4.78, 5) is 23.5. The number of cyclic esters (lactones) is 1. The Kier molecular flexibility index (Phi) is 10.4. The van der Waals surface area contributed by atoms with E-state index in [0.717, 1.165) is 30.2 Å². The van der Waals surface area contributed by atoms with Crippen LogP contribution in [0.25, 0.3) is 0 Å². The molecule has 0 aromatic carbocycles. The number of hydrogen-bond acceptors (Lipinski definition) is 7. The van der Waals surface area contributed by atoms with Crippen LogP contribution in [0.3, 0.4) is 0 Å². The third-order valence-electron chi connectivity index (χ3n) is 5.32. The first kappa shape index (κ1) is 25.7. The van der Waals surface area contributed by atoms with Crippen molar-refractivity contribution in [2.24, 2.45) is 11.7 Å². The van der Waals surface area contributed by atoms with Crippen molar-refractivity contribution in [1.82, 2.24) is 0 Å². The lowest BCUT2D eigenvalue weighted by molar-refractivity contribution is -0.151. The van der Waals surface area contributed by atoms with Crippen LogP contribution in [0, 0.1) is 5.92 Å². The molecule has 166 valence electrons. The minimum atomic E-state index is -1.39.